The predicted octanol–water partition coefficient (Wildman–Crippen LogP) is 7.31. The molecule has 1 unspecified atom stereocenters. The summed E-state index contributed by atoms with van der Waals surface area (Å²) in [4.78, 5) is 9.74. The summed E-state index contributed by atoms with van der Waals surface area (Å²) in [6.45, 7) is 20.5. The van der Waals surface area contributed by atoms with Gasteiger partial charge >= 0.3 is 0 Å². The maximum atomic E-state index is 7.03. The fourth-order valence-corrected chi connectivity index (χ4v) is 5.86. The zero-order valence-corrected chi connectivity index (χ0v) is 26.1. The molecule has 0 aliphatic rings. The highest BCUT2D eigenvalue weighted by Crippen LogP contribution is 2.36. The number of halogens is 1. The van der Waals surface area contributed by atoms with Crippen molar-refractivity contribution in [2.75, 3.05) is 42.9 Å². The topological polar surface area (TPSA) is 31.4 Å². The Morgan fingerprint density at radius 1 is 0.878 bits per heavy atom. The third-order valence-corrected chi connectivity index (χ3v) is 8.36. The molecule has 1 heterocycles. The molecular weight excluding hydrogens is 524 g/mol. The van der Waals surface area contributed by atoms with Gasteiger partial charge in [-0.25, -0.2) is 0 Å². The molecule has 0 radical (unpaired) electrons. The molecule has 4 rings (SSSR count). The molecule has 0 saturated carbocycles. The third kappa shape index (κ3) is 7.30. The lowest BCUT2D eigenvalue weighted by atomic mass is 9.92. The highest BCUT2D eigenvalue weighted by molar-refractivity contribution is 6.34. The van der Waals surface area contributed by atoms with E-state index in [1.54, 1.807) is 0 Å². The fourth-order valence-electron chi connectivity index (χ4n) is 5.61. The van der Waals surface area contributed by atoms with E-state index < -0.39 is 0 Å². The van der Waals surface area contributed by atoms with E-state index in [1.807, 2.05) is 12.3 Å². The van der Waals surface area contributed by atoms with Crippen LogP contribution in [-0.2, 0) is 0 Å². The summed E-state index contributed by atoms with van der Waals surface area (Å²) in [7, 11) is 0. The fraction of sp³-hybridized carbons (Fsp3) is 0.361. The zero-order valence-electron chi connectivity index (χ0n) is 25.4. The van der Waals surface area contributed by atoms with Crippen molar-refractivity contribution in [3.8, 4) is 0 Å². The Hall–Kier alpha value is -3.34. The van der Waals surface area contributed by atoms with E-state index in [0.717, 1.165) is 82.9 Å². The first-order valence-electron chi connectivity index (χ1n) is 15.1. The molecular formula is C36H45ClN4. The molecule has 0 aliphatic carbocycles. The van der Waals surface area contributed by atoms with Crippen LogP contribution in [0.5, 0.6) is 0 Å². The van der Waals surface area contributed by atoms with E-state index in [2.05, 4.69) is 117 Å². The second kappa shape index (κ2) is 14.5. The first kappa shape index (κ1) is 30.6. The number of nitrogens with one attached hydrogen (secondary N) is 1. The molecule has 4 nitrogen and oxygen atoms in total. The molecule has 0 fully saturated rings. The van der Waals surface area contributed by atoms with Gasteiger partial charge in [0.2, 0.25) is 0 Å². The van der Waals surface area contributed by atoms with Crippen LogP contribution in [0.15, 0.2) is 72.9 Å². The van der Waals surface area contributed by atoms with Crippen molar-refractivity contribution >= 4 is 46.0 Å². The number of hydrogen-bond donors (Lipinski definition) is 1. The van der Waals surface area contributed by atoms with Gasteiger partial charge in [0.25, 0.3) is 0 Å². The summed E-state index contributed by atoms with van der Waals surface area (Å²) < 4.78 is 0. The average molecular weight is 569 g/mol. The van der Waals surface area contributed by atoms with Gasteiger partial charge < -0.3 is 15.1 Å². The Bertz CT molecular complexity index is 1520. The molecule has 216 valence electrons. The summed E-state index contributed by atoms with van der Waals surface area (Å²) in [5.41, 5.74) is 6.34. The standard InChI is InChI=1S/C36H45ClN4/c1-7-40(8-2)25-11-12-27(6)39-33-23-24-38-36-31(33)21-22-32(37)35(36)34(28-15-13-26(5)14-16-28)29-17-19-30(20-18-29)41(9-3)10-4/h13-24,27H,5,7-12,25H2,1-4,6H3,(H,38,39). The van der Waals surface area contributed by atoms with E-state index in [1.165, 1.54) is 12.1 Å². The third-order valence-electron chi connectivity index (χ3n) is 8.05. The van der Waals surface area contributed by atoms with Gasteiger partial charge in [0.05, 0.1) is 10.5 Å². The first-order chi connectivity index (χ1) is 19.9. The van der Waals surface area contributed by atoms with Crippen molar-refractivity contribution in [2.24, 2.45) is 0 Å². The van der Waals surface area contributed by atoms with E-state index in [0.29, 0.717) is 11.1 Å². The van der Waals surface area contributed by atoms with Crippen molar-refractivity contribution < 1.29 is 0 Å². The van der Waals surface area contributed by atoms with Gasteiger partial charge in [-0.15, -0.1) is 0 Å². The number of benzene rings is 3. The normalized spacial score (nSPS) is 12.1. The number of hydrogen-bond acceptors (Lipinski definition) is 4. The first-order valence-corrected chi connectivity index (χ1v) is 15.5. The van der Waals surface area contributed by atoms with Gasteiger partial charge in [0.1, 0.15) is 0 Å². The lowest BCUT2D eigenvalue weighted by Crippen LogP contribution is -2.25. The van der Waals surface area contributed by atoms with Crippen LogP contribution in [0.1, 0.15) is 58.6 Å². The molecule has 41 heavy (non-hydrogen) atoms. The van der Waals surface area contributed by atoms with E-state index in [4.69, 9.17) is 16.6 Å². The minimum atomic E-state index is 0.343. The van der Waals surface area contributed by atoms with Crippen molar-refractivity contribution in [3.05, 3.63) is 99.5 Å². The van der Waals surface area contributed by atoms with Crippen LogP contribution < -0.4 is 20.7 Å². The quantitative estimate of drug-likeness (QED) is 0.183. The number of rotatable bonds is 13. The van der Waals surface area contributed by atoms with Crippen molar-refractivity contribution in [1.82, 2.24) is 9.88 Å². The number of fused-ring (bicyclic) bond motifs is 1. The number of pyridine rings is 1. The molecule has 0 aliphatic heterocycles. The number of aromatic nitrogens is 1. The second-order valence-electron chi connectivity index (χ2n) is 10.7. The highest BCUT2D eigenvalue weighted by Gasteiger charge is 2.18. The minimum absolute atomic E-state index is 0.343. The zero-order chi connectivity index (χ0) is 29.4. The van der Waals surface area contributed by atoms with Crippen LogP contribution in [0.25, 0.3) is 23.1 Å². The Kier molecular flexibility index (Phi) is 10.8. The van der Waals surface area contributed by atoms with Gasteiger partial charge in [0.15, 0.2) is 0 Å². The molecule has 0 spiro atoms. The van der Waals surface area contributed by atoms with Gasteiger partial charge in [-0.2, -0.15) is 0 Å². The van der Waals surface area contributed by atoms with E-state index in [-0.39, 0.29) is 0 Å². The Morgan fingerprint density at radius 2 is 1.56 bits per heavy atom. The van der Waals surface area contributed by atoms with Crippen molar-refractivity contribution in [1.29, 1.82) is 0 Å². The van der Waals surface area contributed by atoms with Gasteiger partial charge in [-0.1, -0.05) is 68.4 Å². The van der Waals surface area contributed by atoms with Crippen LogP contribution in [-0.4, -0.2) is 48.6 Å². The smallest absolute Gasteiger partial charge is 0.0816 e. The molecule has 3 aromatic carbocycles. The second-order valence-corrected chi connectivity index (χ2v) is 11.1. The minimum Gasteiger partial charge on any atom is -0.382 e. The molecule has 0 saturated heterocycles. The molecule has 0 bridgehead atoms. The molecule has 0 amide bonds. The number of anilines is 2. The van der Waals surface area contributed by atoms with Crippen molar-refractivity contribution in [3.63, 3.8) is 0 Å². The Balaban J connectivity index is 1.79. The predicted molar refractivity (Wildman–Crippen MR) is 180 cm³/mol. The summed E-state index contributed by atoms with van der Waals surface area (Å²) in [6, 6.07) is 23.7. The largest absolute Gasteiger partial charge is 0.382 e. The highest BCUT2D eigenvalue weighted by atomic mass is 35.5. The Labute approximate surface area is 251 Å². The number of nitrogens with zero attached hydrogens (tertiary/aromatic N) is 3. The van der Waals surface area contributed by atoms with Crippen LogP contribution in [0.3, 0.4) is 0 Å². The molecule has 5 heteroatoms. The van der Waals surface area contributed by atoms with E-state index in [9.17, 15) is 0 Å². The van der Waals surface area contributed by atoms with Crippen molar-refractivity contribution in [2.45, 2.75) is 53.5 Å². The van der Waals surface area contributed by atoms with Crippen LogP contribution in [0.2, 0.25) is 5.02 Å². The van der Waals surface area contributed by atoms with E-state index >= 15 is 0 Å². The van der Waals surface area contributed by atoms with Gasteiger partial charge in [-0.3, -0.25) is 4.98 Å². The SMILES string of the molecule is C=c1ccc(=C(c2ccc(N(CC)CC)cc2)c2c(Cl)ccc3c(NC(C)CCCN(CC)CC)ccnc23)cc1. The molecule has 4 aromatic rings. The van der Waals surface area contributed by atoms with Crippen LogP contribution in [0, 0.1) is 0 Å². The van der Waals surface area contributed by atoms with Crippen LogP contribution in [0.4, 0.5) is 11.4 Å². The lowest BCUT2D eigenvalue weighted by molar-refractivity contribution is 0.295. The lowest BCUT2D eigenvalue weighted by Gasteiger charge is -2.22. The summed E-state index contributed by atoms with van der Waals surface area (Å²) >= 11 is 7.03. The monoisotopic (exact) mass is 568 g/mol. The molecule has 1 N–H and O–H groups in total. The molecule has 1 atom stereocenters. The summed E-state index contributed by atoms with van der Waals surface area (Å²) in [5.74, 6) is 0. The van der Waals surface area contributed by atoms with Gasteiger partial charge in [-0.05, 0) is 105 Å². The maximum Gasteiger partial charge on any atom is 0.0816 e. The summed E-state index contributed by atoms with van der Waals surface area (Å²) in [5, 5.41) is 7.61. The Morgan fingerprint density at radius 3 is 2.20 bits per heavy atom. The van der Waals surface area contributed by atoms with Crippen LogP contribution >= 0.6 is 11.6 Å². The summed E-state index contributed by atoms with van der Waals surface area (Å²) in [6.07, 6.45) is 4.17. The maximum absolute atomic E-state index is 7.03. The van der Waals surface area contributed by atoms with Gasteiger partial charge in [0, 0.05) is 47.7 Å². The average Bonchev–Trinajstić information content (AvgIpc) is 2.99. The molecule has 1 aromatic heterocycles.